The highest BCUT2D eigenvalue weighted by molar-refractivity contribution is 5.89. The van der Waals surface area contributed by atoms with Crippen LogP contribution in [0.5, 0.6) is 28.7 Å². The predicted molar refractivity (Wildman–Crippen MR) is 143 cm³/mol. The van der Waals surface area contributed by atoms with Gasteiger partial charge in [0.1, 0.15) is 11.5 Å². The maximum Gasteiger partial charge on any atom is 0.411 e. The number of ether oxygens (including phenoxy) is 4. The minimum atomic E-state index is -1.09. The minimum absolute atomic E-state index is 0.141. The van der Waals surface area contributed by atoms with Crippen LogP contribution >= 0.6 is 0 Å². The quantitative estimate of drug-likeness (QED) is 0.231. The van der Waals surface area contributed by atoms with Crippen molar-refractivity contribution in [3.63, 3.8) is 0 Å². The fourth-order valence-electron chi connectivity index (χ4n) is 4.13. The van der Waals surface area contributed by atoms with E-state index >= 15 is 0 Å². The number of hydrogen-bond donors (Lipinski definition) is 1. The van der Waals surface area contributed by atoms with Crippen LogP contribution in [0, 0.1) is 19.7 Å². The molecule has 9 heteroatoms. The number of nitrogens with zero attached hydrogens (tertiary/aromatic N) is 2. The van der Waals surface area contributed by atoms with E-state index in [1.807, 2.05) is 19.9 Å². The van der Waals surface area contributed by atoms with Crippen molar-refractivity contribution in [2.45, 2.75) is 20.3 Å². The molecule has 1 amide bonds. The van der Waals surface area contributed by atoms with Gasteiger partial charge in [-0.1, -0.05) is 12.1 Å². The van der Waals surface area contributed by atoms with Crippen LogP contribution < -0.4 is 23.8 Å². The second-order valence-corrected chi connectivity index (χ2v) is 8.53. The highest BCUT2D eigenvalue weighted by atomic mass is 19.1. The number of pyridine rings is 1. The van der Waals surface area contributed by atoms with E-state index in [0.717, 1.165) is 16.5 Å². The fraction of sp³-hybridized carbons (Fsp3) is 0.241. The molecule has 0 aliphatic heterocycles. The van der Waals surface area contributed by atoms with Gasteiger partial charge in [-0.3, -0.25) is 9.88 Å². The summed E-state index contributed by atoms with van der Waals surface area (Å²) in [6.45, 7) is 4.08. The molecule has 0 aliphatic rings. The smallest absolute Gasteiger partial charge is 0.411 e. The third-order valence-electron chi connectivity index (χ3n) is 6.28. The van der Waals surface area contributed by atoms with Crippen molar-refractivity contribution >= 4 is 22.7 Å². The number of fused-ring (bicyclic) bond motifs is 1. The Hall–Kier alpha value is -4.53. The number of aromatic nitrogens is 1. The van der Waals surface area contributed by atoms with E-state index in [9.17, 15) is 14.3 Å². The largest absolute Gasteiger partial charge is 0.493 e. The Bertz CT molecular complexity index is 1460. The van der Waals surface area contributed by atoms with Crippen molar-refractivity contribution in [1.29, 1.82) is 0 Å². The van der Waals surface area contributed by atoms with Crippen LogP contribution in [-0.2, 0) is 0 Å². The molecule has 8 nitrogen and oxygen atoms in total. The zero-order valence-corrected chi connectivity index (χ0v) is 21.7. The zero-order chi connectivity index (χ0) is 27.2. The van der Waals surface area contributed by atoms with Crippen LogP contribution in [0.15, 0.2) is 60.8 Å². The summed E-state index contributed by atoms with van der Waals surface area (Å²) in [4.78, 5) is 17.7. The van der Waals surface area contributed by atoms with Crippen molar-refractivity contribution in [2.75, 3.05) is 32.3 Å². The predicted octanol–water partition coefficient (Wildman–Crippen LogP) is 6.75. The molecule has 0 radical (unpaired) electrons. The molecule has 1 heterocycles. The van der Waals surface area contributed by atoms with Crippen molar-refractivity contribution in [1.82, 2.24) is 4.98 Å². The van der Waals surface area contributed by atoms with E-state index in [-0.39, 0.29) is 18.9 Å². The van der Waals surface area contributed by atoms with E-state index in [2.05, 4.69) is 4.98 Å². The Labute approximate surface area is 220 Å². The minimum Gasteiger partial charge on any atom is -0.493 e. The van der Waals surface area contributed by atoms with Gasteiger partial charge in [-0.2, -0.15) is 0 Å². The fourth-order valence-corrected chi connectivity index (χ4v) is 4.13. The van der Waals surface area contributed by atoms with Gasteiger partial charge in [-0.15, -0.1) is 0 Å². The molecule has 0 atom stereocenters. The van der Waals surface area contributed by atoms with Gasteiger partial charge in [0.25, 0.3) is 0 Å². The first kappa shape index (κ1) is 26.5. The third-order valence-corrected chi connectivity index (χ3v) is 6.28. The molecule has 1 N–H and O–H groups in total. The summed E-state index contributed by atoms with van der Waals surface area (Å²) in [6.07, 6.45) is 0.940. The van der Waals surface area contributed by atoms with Gasteiger partial charge >= 0.3 is 6.09 Å². The van der Waals surface area contributed by atoms with Crippen LogP contribution in [0.4, 0.5) is 14.9 Å². The van der Waals surface area contributed by atoms with Gasteiger partial charge in [0.15, 0.2) is 23.1 Å². The number of rotatable bonds is 10. The lowest BCUT2D eigenvalue weighted by Crippen LogP contribution is -2.32. The van der Waals surface area contributed by atoms with Crippen molar-refractivity contribution < 1.29 is 33.2 Å². The van der Waals surface area contributed by atoms with Gasteiger partial charge in [0, 0.05) is 24.2 Å². The van der Waals surface area contributed by atoms with Crippen LogP contribution in [0.1, 0.15) is 17.5 Å². The van der Waals surface area contributed by atoms with E-state index in [0.29, 0.717) is 40.6 Å². The average molecular weight is 521 g/mol. The third kappa shape index (κ3) is 5.56. The van der Waals surface area contributed by atoms with Crippen LogP contribution in [-0.4, -0.2) is 43.6 Å². The Morgan fingerprint density at radius 3 is 2.37 bits per heavy atom. The molecule has 4 rings (SSSR count). The number of carbonyl (C=O) groups is 1. The van der Waals surface area contributed by atoms with E-state index < -0.39 is 11.9 Å². The molecule has 1 aromatic heterocycles. The molecular weight excluding hydrogens is 491 g/mol. The second-order valence-electron chi connectivity index (χ2n) is 8.53. The van der Waals surface area contributed by atoms with Crippen LogP contribution in [0.3, 0.4) is 0 Å². The molecule has 198 valence electrons. The molecule has 0 spiro atoms. The number of methoxy groups -OCH3 is 2. The molecule has 0 bridgehead atoms. The maximum atomic E-state index is 13.8. The highest BCUT2D eigenvalue weighted by Crippen LogP contribution is 2.39. The Kier molecular flexibility index (Phi) is 8.15. The summed E-state index contributed by atoms with van der Waals surface area (Å²) in [6, 6.07) is 14.9. The number of hydrogen-bond acceptors (Lipinski definition) is 6. The summed E-state index contributed by atoms with van der Waals surface area (Å²) >= 11 is 0. The highest BCUT2D eigenvalue weighted by Gasteiger charge is 2.20. The molecular formula is C29H29FN2O6. The van der Waals surface area contributed by atoms with Crippen molar-refractivity contribution in [3.05, 3.63) is 77.7 Å². The number of benzene rings is 3. The van der Waals surface area contributed by atoms with Crippen LogP contribution in [0.2, 0.25) is 0 Å². The van der Waals surface area contributed by atoms with Gasteiger partial charge in [-0.25, -0.2) is 9.18 Å². The molecule has 3 aromatic carbocycles. The lowest BCUT2D eigenvalue weighted by molar-refractivity contribution is 0.200. The van der Waals surface area contributed by atoms with E-state index in [1.165, 1.54) is 17.0 Å². The monoisotopic (exact) mass is 520 g/mol. The van der Waals surface area contributed by atoms with E-state index in [4.69, 9.17) is 18.9 Å². The second kappa shape index (κ2) is 11.7. The lowest BCUT2D eigenvalue weighted by Gasteiger charge is -2.23. The Morgan fingerprint density at radius 2 is 1.66 bits per heavy atom. The standard InChI is InChI=1S/C29H29FN2O6/c1-18-19(2)24(38-25-12-13-31-22-17-28(36-4)27(35-3)16-20(22)25)11-10-23(18)32(29(33)34)14-7-15-37-26-9-6-5-8-21(26)30/h5-6,8-13,16-17H,7,14-15H2,1-4H3,(H,33,34). The normalized spacial score (nSPS) is 10.8. The first-order valence-electron chi connectivity index (χ1n) is 12.0. The summed E-state index contributed by atoms with van der Waals surface area (Å²) in [7, 11) is 3.13. The first-order chi connectivity index (χ1) is 18.3. The molecule has 0 saturated carbocycles. The van der Waals surface area contributed by atoms with Crippen molar-refractivity contribution in [2.24, 2.45) is 0 Å². The maximum absolute atomic E-state index is 13.8. The summed E-state index contributed by atoms with van der Waals surface area (Å²) in [5.41, 5.74) is 2.78. The molecule has 0 unspecified atom stereocenters. The van der Waals surface area contributed by atoms with Gasteiger partial charge in [0.05, 0.1) is 32.0 Å². The van der Waals surface area contributed by atoms with Crippen molar-refractivity contribution in [3.8, 4) is 28.7 Å². The van der Waals surface area contributed by atoms with Gasteiger partial charge in [0.2, 0.25) is 0 Å². The average Bonchev–Trinajstić information content (AvgIpc) is 2.92. The summed E-state index contributed by atoms with van der Waals surface area (Å²) in [5.74, 6) is 1.96. The topological polar surface area (TPSA) is 90.4 Å². The number of anilines is 1. The van der Waals surface area contributed by atoms with E-state index in [1.54, 1.807) is 56.8 Å². The molecule has 38 heavy (non-hydrogen) atoms. The zero-order valence-electron chi connectivity index (χ0n) is 21.7. The molecule has 0 saturated heterocycles. The Morgan fingerprint density at radius 1 is 0.921 bits per heavy atom. The van der Waals surface area contributed by atoms with Gasteiger partial charge in [-0.05, 0) is 67.8 Å². The number of amides is 1. The molecule has 0 fully saturated rings. The van der Waals surface area contributed by atoms with Gasteiger partial charge < -0.3 is 24.1 Å². The lowest BCUT2D eigenvalue weighted by atomic mass is 10.1. The summed E-state index contributed by atoms with van der Waals surface area (Å²) in [5, 5.41) is 10.6. The summed E-state index contributed by atoms with van der Waals surface area (Å²) < 4.78 is 36.3. The first-order valence-corrected chi connectivity index (χ1v) is 12.0. The Balaban J connectivity index is 1.54. The SMILES string of the molecule is COc1cc2nccc(Oc3ccc(N(CCCOc4ccccc4F)C(=O)O)c(C)c3C)c2cc1OC. The van der Waals surface area contributed by atoms with Crippen LogP contribution in [0.25, 0.3) is 10.9 Å². The molecule has 4 aromatic rings. The molecule has 0 aliphatic carbocycles. The number of para-hydroxylation sites is 1. The number of carboxylic acid groups (broad SMARTS) is 1. The number of halogens is 1.